The van der Waals surface area contributed by atoms with Crippen molar-refractivity contribution in [3.05, 3.63) is 26.6 Å². The normalized spacial score (nSPS) is 10.9. The van der Waals surface area contributed by atoms with Gasteiger partial charge < -0.3 is 9.84 Å². The Bertz CT molecular complexity index is 341. The number of aliphatic hydroxyl groups excluding tert-OH is 1. The number of aliphatic hydroxyl groups is 1. The average Bonchev–Trinajstić information content (AvgIpc) is 2.26. The summed E-state index contributed by atoms with van der Waals surface area (Å²) >= 11 is 6.91. The number of benzene rings is 1. The molecule has 0 aliphatic carbocycles. The van der Waals surface area contributed by atoms with Gasteiger partial charge >= 0.3 is 0 Å². The van der Waals surface area contributed by atoms with Crippen LogP contribution in [0.5, 0.6) is 5.75 Å². The van der Waals surface area contributed by atoms with E-state index in [-0.39, 0.29) is 6.61 Å². The molecule has 0 heterocycles. The first-order chi connectivity index (χ1) is 8.04. The monoisotopic (exact) mass is 364 g/mol. The first-order valence-electron chi connectivity index (χ1n) is 5.76. The van der Waals surface area contributed by atoms with Gasteiger partial charge in [-0.3, -0.25) is 0 Å². The van der Waals surface area contributed by atoms with Crippen LogP contribution in [0.2, 0.25) is 0 Å². The van der Waals surface area contributed by atoms with Gasteiger partial charge in [-0.15, -0.1) is 0 Å². The van der Waals surface area contributed by atoms with E-state index in [0.717, 1.165) is 26.7 Å². The lowest BCUT2D eigenvalue weighted by Gasteiger charge is -2.12. The molecule has 0 fully saturated rings. The molecular formula is C13H18Br2O2. The van der Waals surface area contributed by atoms with Gasteiger partial charge in [0.1, 0.15) is 5.75 Å². The Kier molecular flexibility index (Phi) is 6.52. The summed E-state index contributed by atoms with van der Waals surface area (Å²) in [6.45, 7) is 5.17. The summed E-state index contributed by atoms with van der Waals surface area (Å²) in [6, 6.07) is 3.76. The lowest BCUT2D eigenvalue weighted by Crippen LogP contribution is -2.01. The summed E-state index contributed by atoms with van der Waals surface area (Å²) in [5.41, 5.74) is 0.860. The van der Waals surface area contributed by atoms with E-state index in [0.29, 0.717) is 12.5 Å². The van der Waals surface area contributed by atoms with Gasteiger partial charge in [-0.25, -0.2) is 0 Å². The third kappa shape index (κ3) is 4.98. The molecule has 1 N–H and O–H groups in total. The van der Waals surface area contributed by atoms with E-state index < -0.39 is 0 Å². The molecule has 0 aromatic heterocycles. The van der Waals surface area contributed by atoms with Crippen molar-refractivity contribution in [1.29, 1.82) is 0 Å². The highest BCUT2D eigenvalue weighted by Gasteiger charge is 2.08. The minimum Gasteiger partial charge on any atom is -0.491 e. The second-order valence-corrected chi connectivity index (χ2v) is 6.14. The lowest BCUT2D eigenvalue weighted by molar-refractivity contribution is 0.279. The molecule has 2 nitrogen and oxygen atoms in total. The molecule has 0 amide bonds. The fourth-order valence-corrected chi connectivity index (χ4v) is 3.02. The molecule has 0 aliphatic rings. The molecule has 0 unspecified atom stereocenters. The van der Waals surface area contributed by atoms with E-state index in [1.165, 1.54) is 6.42 Å². The Balaban J connectivity index is 2.59. The maximum absolute atomic E-state index is 9.07. The van der Waals surface area contributed by atoms with Crippen LogP contribution in [0.4, 0.5) is 0 Å². The Hall–Kier alpha value is -0.0600. The summed E-state index contributed by atoms with van der Waals surface area (Å²) in [7, 11) is 0. The van der Waals surface area contributed by atoms with Gasteiger partial charge in [0.05, 0.1) is 22.2 Å². The van der Waals surface area contributed by atoms with E-state index >= 15 is 0 Å². The summed E-state index contributed by atoms with van der Waals surface area (Å²) in [5.74, 6) is 1.52. The van der Waals surface area contributed by atoms with Crippen molar-refractivity contribution >= 4 is 31.9 Å². The summed E-state index contributed by atoms with van der Waals surface area (Å²) in [4.78, 5) is 0. The third-order valence-electron chi connectivity index (χ3n) is 2.41. The SMILES string of the molecule is CC(C)CCCOc1c(Br)cc(CO)cc1Br. The van der Waals surface area contributed by atoms with E-state index in [9.17, 15) is 0 Å². The van der Waals surface area contributed by atoms with E-state index in [1.807, 2.05) is 12.1 Å². The summed E-state index contributed by atoms with van der Waals surface area (Å²) in [6.07, 6.45) is 2.22. The highest BCUT2D eigenvalue weighted by atomic mass is 79.9. The lowest BCUT2D eigenvalue weighted by atomic mass is 10.1. The van der Waals surface area contributed by atoms with Gasteiger partial charge in [-0.05, 0) is 68.3 Å². The fraction of sp³-hybridized carbons (Fsp3) is 0.538. The van der Waals surface area contributed by atoms with Crippen molar-refractivity contribution in [2.75, 3.05) is 6.61 Å². The smallest absolute Gasteiger partial charge is 0.147 e. The molecule has 0 radical (unpaired) electrons. The molecule has 96 valence electrons. The van der Waals surface area contributed by atoms with Crippen LogP contribution in [0, 0.1) is 5.92 Å². The van der Waals surface area contributed by atoms with Crippen LogP contribution in [-0.4, -0.2) is 11.7 Å². The Morgan fingerprint density at radius 2 is 1.82 bits per heavy atom. The van der Waals surface area contributed by atoms with Gasteiger partial charge in [-0.2, -0.15) is 0 Å². The second kappa shape index (κ2) is 7.39. The Morgan fingerprint density at radius 3 is 2.29 bits per heavy atom. The molecule has 1 aromatic carbocycles. The predicted octanol–water partition coefficient (Wildman–Crippen LogP) is 4.52. The average molecular weight is 366 g/mol. The predicted molar refractivity (Wildman–Crippen MR) is 77.3 cm³/mol. The molecule has 0 bridgehead atoms. The maximum Gasteiger partial charge on any atom is 0.147 e. The van der Waals surface area contributed by atoms with Crippen LogP contribution >= 0.6 is 31.9 Å². The van der Waals surface area contributed by atoms with Crippen LogP contribution in [0.25, 0.3) is 0 Å². The molecule has 0 spiro atoms. The highest BCUT2D eigenvalue weighted by molar-refractivity contribution is 9.11. The molecule has 0 atom stereocenters. The zero-order valence-corrected chi connectivity index (χ0v) is 13.3. The number of hydrogen-bond acceptors (Lipinski definition) is 2. The Labute approximate surface area is 120 Å². The zero-order valence-electron chi connectivity index (χ0n) is 10.2. The van der Waals surface area contributed by atoms with Crippen LogP contribution < -0.4 is 4.74 Å². The van der Waals surface area contributed by atoms with Crippen LogP contribution in [0.3, 0.4) is 0 Å². The van der Waals surface area contributed by atoms with Crippen molar-refractivity contribution in [2.45, 2.75) is 33.3 Å². The third-order valence-corrected chi connectivity index (χ3v) is 3.59. The molecular weight excluding hydrogens is 348 g/mol. The molecule has 17 heavy (non-hydrogen) atoms. The number of hydrogen-bond donors (Lipinski definition) is 1. The highest BCUT2D eigenvalue weighted by Crippen LogP contribution is 2.35. The van der Waals surface area contributed by atoms with E-state index in [4.69, 9.17) is 9.84 Å². The van der Waals surface area contributed by atoms with Gasteiger partial charge in [0.25, 0.3) is 0 Å². The van der Waals surface area contributed by atoms with Crippen molar-refractivity contribution in [3.8, 4) is 5.75 Å². The maximum atomic E-state index is 9.07. The quantitative estimate of drug-likeness (QED) is 0.751. The van der Waals surface area contributed by atoms with Gasteiger partial charge in [0, 0.05) is 0 Å². The van der Waals surface area contributed by atoms with Crippen molar-refractivity contribution in [3.63, 3.8) is 0 Å². The largest absolute Gasteiger partial charge is 0.491 e. The molecule has 1 aromatic rings. The van der Waals surface area contributed by atoms with Gasteiger partial charge in [0.2, 0.25) is 0 Å². The Morgan fingerprint density at radius 1 is 1.24 bits per heavy atom. The molecule has 0 saturated carbocycles. The number of rotatable bonds is 6. The summed E-state index contributed by atoms with van der Waals surface area (Å²) in [5, 5.41) is 9.07. The fourth-order valence-electron chi connectivity index (χ4n) is 1.51. The minimum atomic E-state index is 0.0326. The first kappa shape index (κ1) is 15.0. The van der Waals surface area contributed by atoms with Crippen LogP contribution in [-0.2, 0) is 6.61 Å². The van der Waals surface area contributed by atoms with Crippen molar-refractivity contribution in [2.24, 2.45) is 5.92 Å². The van der Waals surface area contributed by atoms with E-state index in [2.05, 4.69) is 45.7 Å². The molecule has 1 rings (SSSR count). The molecule has 4 heteroatoms. The topological polar surface area (TPSA) is 29.5 Å². The number of halogens is 2. The van der Waals surface area contributed by atoms with E-state index in [1.54, 1.807) is 0 Å². The second-order valence-electron chi connectivity index (χ2n) is 4.43. The van der Waals surface area contributed by atoms with Crippen molar-refractivity contribution < 1.29 is 9.84 Å². The minimum absolute atomic E-state index is 0.0326. The van der Waals surface area contributed by atoms with Crippen LogP contribution in [0.1, 0.15) is 32.3 Å². The zero-order chi connectivity index (χ0) is 12.8. The van der Waals surface area contributed by atoms with Gasteiger partial charge in [0.15, 0.2) is 0 Å². The first-order valence-corrected chi connectivity index (χ1v) is 7.34. The molecule has 0 saturated heterocycles. The van der Waals surface area contributed by atoms with Crippen molar-refractivity contribution in [1.82, 2.24) is 0 Å². The number of ether oxygens (including phenoxy) is 1. The van der Waals surface area contributed by atoms with Crippen LogP contribution in [0.15, 0.2) is 21.1 Å². The summed E-state index contributed by atoms with van der Waals surface area (Å²) < 4.78 is 7.49. The molecule has 0 aliphatic heterocycles. The standard InChI is InChI=1S/C13H18Br2O2/c1-9(2)4-3-5-17-13-11(14)6-10(8-16)7-12(13)15/h6-7,9,16H,3-5,8H2,1-2H3. The van der Waals surface area contributed by atoms with Gasteiger partial charge in [-0.1, -0.05) is 13.8 Å².